The van der Waals surface area contributed by atoms with Crippen LogP contribution in [0.1, 0.15) is 11.7 Å². The molecular formula is C22H22O13S. The van der Waals surface area contributed by atoms with E-state index in [4.69, 9.17) is 18.4 Å². The number of phenolic OH excluding ortho intramolecular Hbond substituents is 2. The zero-order chi connectivity index (χ0) is 26.4. The van der Waals surface area contributed by atoms with Crippen molar-refractivity contribution in [2.45, 2.75) is 30.5 Å². The van der Waals surface area contributed by atoms with Gasteiger partial charge in [0.05, 0.1) is 19.3 Å². The summed E-state index contributed by atoms with van der Waals surface area (Å²) in [6.45, 7) is -0.851. The molecule has 3 aromatic rings. The lowest BCUT2D eigenvalue weighted by Crippen LogP contribution is -2.56. The second-order valence-electron chi connectivity index (χ2n) is 7.98. The lowest BCUT2D eigenvalue weighted by atomic mass is 9.89. The van der Waals surface area contributed by atoms with E-state index in [9.17, 15) is 38.7 Å². The predicted molar refractivity (Wildman–Crippen MR) is 121 cm³/mol. The molecule has 5 atom stereocenters. The van der Waals surface area contributed by atoms with Gasteiger partial charge in [0.15, 0.2) is 5.43 Å². The van der Waals surface area contributed by atoms with Crippen molar-refractivity contribution in [3.05, 3.63) is 52.2 Å². The summed E-state index contributed by atoms with van der Waals surface area (Å²) in [5.41, 5.74) is -1.11. The van der Waals surface area contributed by atoms with Gasteiger partial charge in [-0.15, -0.1) is 0 Å². The Labute approximate surface area is 203 Å². The van der Waals surface area contributed by atoms with Crippen LogP contribution in [0.3, 0.4) is 0 Å². The highest BCUT2D eigenvalue weighted by Gasteiger charge is 2.49. The molecule has 0 saturated carbocycles. The lowest BCUT2D eigenvalue weighted by Gasteiger charge is -2.41. The van der Waals surface area contributed by atoms with Gasteiger partial charge in [-0.3, -0.25) is 9.35 Å². The normalized spacial score (nSPS) is 24.6. The Balaban J connectivity index is 1.87. The molecule has 6 N–H and O–H groups in total. The fourth-order valence-electron chi connectivity index (χ4n) is 4.05. The molecule has 0 spiro atoms. The number of aromatic hydroxyl groups is 2. The number of phenols is 2. The fourth-order valence-corrected chi connectivity index (χ4v) is 4.55. The number of ether oxygens (including phenoxy) is 2. The van der Waals surface area contributed by atoms with Crippen molar-refractivity contribution < 1.29 is 56.6 Å². The Morgan fingerprint density at radius 3 is 2.31 bits per heavy atom. The number of aliphatic hydroxyl groups is 3. The van der Waals surface area contributed by atoms with Crippen LogP contribution in [0.5, 0.6) is 17.2 Å². The topological polar surface area (TPSA) is 213 Å². The second kappa shape index (κ2) is 9.67. The Morgan fingerprint density at radius 1 is 1.06 bits per heavy atom. The van der Waals surface area contributed by atoms with Crippen LogP contribution in [-0.4, -0.2) is 76.6 Å². The minimum absolute atomic E-state index is 0.0992. The van der Waals surface area contributed by atoms with E-state index in [-0.39, 0.29) is 11.3 Å². The van der Waals surface area contributed by atoms with Crippen LogP contribution < -0.4 is 10.2 Å². The fraction of sp³-hybridized carbons (Fsp3) is 0.318. The van der Waals surface area contributed by atoms with E-state index in [1.54, 1.807) is 24.3 Å². The molecule has 0 aliphatic carbocycles. The molecular weight excluding hydrogens is 504 g/mol. The van der Waals surface area contributed by atoms with Crippen molar-refractivity contribution in [1.29, 1.82) is 0 Å². The number of hydrogen-bond acceptors (Lipinski definition) is 12. The van der Waals surface area contributed by atoms with Crippen LogP contribution in [0.25, 0.3) is 22.3 Å². The van der Waals surface area contributed by atoms with Gasteiger partial charge < -0.3 is 39.4 Å². The maximum Gasteiger partial charge on any atom is 0.397 e. The highest BCUT2D eigenvalue weighted by atomic mass is 32.3. The average Bonchev–Trinajstić information content (AvgIpc) is 2.82. The molecule has 194 valence electrons. The van der Waals surface area contributed by atoms with Crippen LogP contribution in [0.2, 0.25) is 0 Å². The largest absolute Gasteiger partial charge is 0.507 e. The van der Waals surface area contributed by atoms with Gasteiger partial charge in [0.2, 0.25) is 0 Å². The summed E-state index contributed by atoms with van der Waals surface area (Å²) >= 11 is 0. The van der Waals surface area contributed by atoms with Crippen molar-refractivity contribution in [2.24, 2.45) is 0 Å². The number of rotatable bonds is 6. The number of hydrogen-bond donors (Lipinski definition) is 6. The van der Waals surface area contributed by atoms with Crippen LogP contribution in [0.15, 0.2) is 45.6 Å². The molecule has 1 aliphatic heterocycles. The van der Waals surface area contributed by atoms with Gasteiger partial charge in [0.25, 0.3) is 0 Å². The van der Waals surface area contributed by atoms with Crippen molar-refractivity contribution in [1.82, 2.24) is 0 Å². The molecule has 1 aliphatic rings. The molecule has 14 heteroatoms. The predicted octanol–water partition coefficient (Wildman–Crippen LogP) is 0.222. The summed E-state index contributed by atoms with van der Waals surface area (Å²) in [7, 11) is -3.74. The Morgan fingerprint density at radius 2 is 1.72 bits per heavy atom. The third-order valence-electron chi connectivity index (χ3n) is 5.77. The first-order chi connectivity index (χ1) is 16.9. The van der Waals surface area contributed by atoms with Gasteiger partial charge in [-0.25, -0.2) is 4.18 Å². The molecule has 2 aromatic carbocycles. The highest BCUT2D eigenvalue weighted by molar-refractivity contribution is 7.80. The molecule has 13 nitrogen and oxygen atoms in total. The van der Waals surface area contributed by atoms with Crippen LogP contribution in [0, 0.1) is 0 Å². The Hall–Kier alpha value is -3.24. The molecule has 0 radical (unpaired) electrons. The van der Waals surface area contributed by atoms with Gasteiger partial charge in [-0.1, -0.05) is 0 Å². The minimum atomic E-state index is -5.23. The second-order valence-corrected chi connectivity index (χ2v) is 9.03. The van der Waals surface area contributed by atoms with Gasteiger partial charge in [0, 0.05) is 17.7 Å². The lowest BCUT2D eigenvalue weighted by molar-refractivity contribution is -0.226. The summed E-state index contributed by atoms with van der Waals surface area (Å²) in [4.78, 5) is 12.9. The van der Waals surface area contributed by atoms with Crippen molar-refractivity contribution in [3.63, 3.8) is 0 Å². The number of aliphatic hydroxyl groups excluding tert-OH is 3. The molecule has 1 aromatic heterocycles. The molecule has 0 bridgehead atoms. The van der Waals surface area contributed by atoms with Crippen LogP contribution in [0.4, 0.5) is 0 Å². The molecule has 1 fully saturated rings. The number of methoxy groups -OCH3 is 1. The van der Waals surface area contributed by atoms with E-state index >= 15 is 0 Å². The molecule has 5 unspecified atom stereocenters. The van der Waals surface area contributed by atoms with E-state index < -0.39 is 75.4 Å². The summed E-state index contributed by atoms with van der Waals surface area (Å²) < 4.78 is 52.5. The van der Waals surface area contributed by atoms with Crippen molar-refractivity contribution in [3.8, 4) is 28.6 Å². The number of fused-ring (bicyclic) bond motifs is 1. The number of benzene rings is 2. The summed E-state index contributed by atoms with van der Waals surface area (Å²) in [5.74, 6) is -0.995. The average molecular weight is 526 g/mol. The van der Waals surface area contributed by atoms with Gasteiger partial charge >= 0.3 is 10.4 Å². The Kier molecular flexibility index (Phi) is 6.94. The zero-order valence-electron chi connectivity index (χ0n) is 18.5. The van der Waals surface area contributed by atoms with Gasteiger partial charge in [-0.05, 0) is 24.3 Å². The minimum Gasteiger partial charge on any atom is -0.507 e. The molecule has 0 amide bonds. The SMILES string of the molecule is COc1ccc(-c2cc(=O)c3c(O)c(C4OC(CO)C(O)C(O)C4OS(=O)(=O)O)c(O)cc3o2)cc1. The standard InChI is InChI=1S/C22H22O13S/c1-32-10-4-2-9(3-5-10)13-6-11(24)16-14(33-13)7-12(25)17(19(16)27)21-22(35-36(29,30)31)20(28)18(26)15(8-23)34-21/h2-7,15,18,20-23,25-28H,8H2,1H3,(H,29,30,31). The third kappa shape index (κ3) is 4.75. The van der Waals surface area contributed by atoms with Crippen molar-refractivity contribution in [2.75, 3.05) is 13.7 Å². The first kappa shape index (κ1) is 25.8. The highest BCUT2D eigenvalue weighted by Crippen LogP contribution is 2.45. The van der Waals surface area contributed by atoms with E-state index in [0.717, 1.165) is 12.1 Å². The third-order valence-corrected chi connectivity index (χ3v) is 6.23. The van der Waals surface area contributed by atoms with E-state index in [1.807, 2.05) is 0 Å². The maximum absolute atomic E-state index is 12.9. The smallest absolute Gasteiger partial charge is 0.397 e. The van der Waals surface area contributed by atoms with Crippen LogP contribution >= 0.6 is 0 Å². The van der Waals surface area contributed by atoms with E-state index in [2.05, 4.69) is 4.18 Å². The first-order valence-corrected chi connectivity index (χ1v) is 11.8. The molecule has 2 heterocycles. The molecule has 1 saturated heterocycles. The van der Waals surface area contributed by atoms with Crippen molar-refractivity contribution >= 4 is 21.4 Å². The molecule has 4 rings (SSSR count). The van der Waals surface area contributed by atoms with E-state index in [0.29, 0.717) is 11.3 Å². The summed E-state index contributed by atoms with van der Waals surface area (Å²) in [6, 6.07) is 8.53. The summed E-state index contributed by atoms with van der Waals surface area (Å²) in [6.07, 6.45) is -9.38. The summed E-state index contributed by atoms with van der Waals surface area (Å²) in [5, 5.41) is 51.2. The van der Waals surface area contributed by atoms with E-state index in [1.165, 1.54) is 7.11 Å². The van der Waals surface area contributed by atoms with Gasteiger partial charge in [0.1, 0.15) is 64.5 Å². The first-order valence-electron chi connectivity index (χ1n) is 10.4. The Bertz CT molecular complexity index is 1430. The van der Waals surface area contributed by atoms with Gasteiger partial charge in [-0.2, -0.15) is 8.42 Å². The quantitative estimate of drug-likeness (QED) is 0.237. The zero-order valence-corrected chi connectivity index (χ0v) is 19.3. The monoisotopic (exact) mass is 526 g/mol. The molecule has 36 heavy (non-hydrogen) atoms. The van der Waals surface area contributed by atoms with Crippen LogP contribution in [-0.2, 0) is 19.3 Å². The maximum atomic E-state index is 12.9.